The van der Waals surface area contributed by atoms with Crippen molar-refractivity contribution >= 4 is 0 Å². The molecule has 2 nitrogen and oxygen atoms in total. The predicted octanol–water partition coefficient (Wildman–Crippen LogP) is 4.25. The van der Waals surface area contributed by atoms with E-state index in [1.807, 2.05) is 0 Å². The maximum absolute atomic E-state index is 3.88. The van der Waals surface area contributed by atoms with E-state index in [-0.39, 0.29) is 0 Å². The normalized spacial score (nSPS) is 30.8. The number of piperidine rings is 1. The van der Waals surface area contributed by atoms with Gasteiger partial charge in [-0.3, -0.25) is 0 Å². The average molecular weight is 280 g/mol. The molecule has 0 aromatic rings. The van der Waals surface area contributed by atoms with Crippen molar-refractivity contribution in [3.8, 4) is 0 Å². The van der Waals surface area contributed by atoms with E-state index in [2.05, 4.69) is 17.6 Å². The molecule has 2 fully saturated rings. The van der Waals surface area contributed by atoms with E-state index in [0.717, 1.165) is 18.0 Å². The summed E-state index contributed by atoms with van der Waals surface area (Å²) in [5, 5.41) is 7.66. The summed E-state index contributed by atoms with van der Waals surface area (Å²) in [5.74, 6) is 0.912. The van der Waals surface area contributed by atoms with Gasteiger partial charge in [0.25, 0.3) is 0 Å². The quantitative estimate of drug-likeness (QED) is 0.617. The Morgan fingerprint density at radius 1 is 0.900 bits per heavy atom. The van der Waals surface area contributed by atoms with Gasteiger partial charge in [-0.05, 0) is 51.1 Å². The summed E-state index contributed by atoms with van der Waals surface area (Å²) in [4.78, 5) is 0. The van der Waals surface area contributed by atoms with Crippen molar-refractivity contribution < 1.29 is 0 Å². The fourth-order valence-electron chi connectivity index (χ4n) is 4.16. The maximum Gasteiger partial charge on any atom is 0.0110 e. The first kappa shape index (κ1) is 16.3. The molecule has 3 atom stereocenters. The lowest BCUT2D eigenvalue weighted by Crippen LogP contribution is -2.47. The number of unbranched alkanes of at least 4 members (excludes halogenated alkanes) is 5. The zero-order valence-corrected chi connectivity index (χ0v) is 13.6. The van der Waals surface area contributed by atoms with Gasteiger partial charge in [0, 0.05) is 12.1 Å². The van der Waals surface area contributed by atoms with Crippen molar-refractivity contribution in [3.63, 3.8) is 0 Å². The molecule has 0 bridgehead atoms. The van der Waals surface area contributed by atoms with E-state index in [1.165, 1.54) is 90.1 Å². The van der Waals surface area contributed by atoms with Crippen LogP contribution < -0.4 is 10.6 Å². The van der Waals surface area contributed by atoms with Crippen LogP contribution >= 0.6 is 0 Å². The summed E-state index contributed by atoms with van der Waals surface area (Å²) in [5.41, 5.74) is 0. The van der Waals surface area contributed by atoms with E-state index < -0.39 is 0 Å². The Morgan fingerprint density at radius 3 is 2.55 bits per heavy atom. The van der Waals surface area contributed by atoms with E-state index in [4.69, 9.17) is 0 Å². The number of nitrogens with one attached hydrogen (secondary N) is 2. The van der Waals surface area contributed by atoms with E-state index in [1.54, 1.807) is 0 Å². The van der Waals surface area contributed by atoms with Crippen LogP contribution in [0.5, 0.6) is 0 Å². The van der Waals surface area contributed by atoms with E-state index in [9.17, 15) is 0 Å². The summed E-state index contributed by atoms with van der Waals surface area (Å²) in [6.45, 7) is 4.80. The average Bonchev–Trinajstić information content (AvgIpc) is 2.96. The Hall–Kier alpha value is -0.0800. The molecule has 1 aliphatic carbocycles. The van der Waals surface area contributed by atoms with Gasteiger partial charge in [-0.2, -0.15) is 0 Å². The summed E-state index contributed by atoms with van der Waals surface area (Å²) in [6.07, 6.45) is 17.0. The van der Waals surface area contributed by atoms with Crippen LogP contribution in [-0.4, -0.2) is 25.2 Å². The minimum absolute atomic E-state index is 0.807. The highest BCUT2D eigenvalue weighted by molar-refractivity contribution is 4.92. The van der Waals surface area contributed by atoms with Crippen LogP contribution in [0.3, 0.4) is 0 Å². The fourth-order valence-corrected chi connectivity index (χ4v) is 4.16. The molecule has 0 amide bonds. The van der Waals surface area contributed by atoms with Crippen LogP contribution in [0.15, 0.2) is 0 Å². The second-order valence-corrected chi connectivity index (χ2v) is 6.98. The fraction of sp³-hybridized carbons (Fsp3) is 1.00. The molecule has 0 spiro atoms. The van der Waals surface area contributed by atoms with Gasteiger partial charge >= 0.3 is 0 Å². The van der Waals surface area contributed by atoms with Crippen LogP contribution in [0.4, 0.5) is 0 Å². The number of hydrogen-bond acceptors (Lipinski definition) is 2. The Balaban J connectivity index is 1.57. The van der Waals surface area contributed by atoms with Crippen LogP contribution in [0, 0.1) is 5.92 Å². The lowest BCUT2D eigenvalue weighted by Gasteiger charge is -2.33. The van der Waals surface area contributed by atoms with Crippen LogP contribution in [0.1, 0.15) is 84.0 Å². The number of hydrogen-bond donors (Lipinski definition) is 2. The maximum atomic E-state index is 3.88. The summed E-state index contributed by atoms with van der Waals surface area (Å²) < 4.78 is 0. The molecular weight excluding hydrogens is 244 g/mol. The molecule has 0 aromatic heterocycles. The molecule has 3 unspecified atom stereocenters. The summed E-state index contributed by atoms with van der Waals surface area (Å²) >= 11 is 0. The second kappa shape index (κ2) is 9.78. The third kappa shape index (κ3) is 5.37. The van der Waals surface area contributed by atoms with Crippen LogP contribution in [0.25, 0.3) is 0 Å². The van der Waals surface area contributed by atoms with Gasteiger partial charge in [-0.1, -0.05) is 51.9 Å². The Morgan fingerprint density at radius 2 is 1.75 bits per heavy atom. The minimum Gasteiger partial charge on any atom is -0.314 e. The molecule has 1 heterocycles. The number of rotatable bonds is 9. The monoisotopic (exact) mass is 280 g/mol. The van der Waals surface area contributed by atoms with Gasteiger partial charge in [0.1, 0.15) is 0 Å². The second-order valence-electron chi connectivity index (χ2n) is 6.98. The molecular formula is C18H36N2. The molecule has 0 aromatic carbocycles. The predicted molar refractivity (Wildman–Crippen MR) is 88.1 cm³/mol. The van der Waals surface area contributed by atoms with Crippen molar-refractivity contribution in [1.82, 2.24) is 10.6 Å². The molecule has 20 heavy (non-hydrogen) atoms. The highest BCUT2D eigenvalue weighted by Gasteiger charge is 2.33. The van der Waals surface area contributed by atoms with Crippen LogP contribution in [-0.2, 0) is 0 Å². The molecule has 1 saturated heterocycles. The first-order valence-corrected chi connectivity index (χ1v) is 9.38. The van der Waals surface area contributed by atoms with Crippen LogP contribution in [0.2, 0.25) is 0 Å². The molecule has 2 heteroatoms. The van der Waals surface area contributed by atoms with E-state index in [0.29, 0.717) is 0 Å². The van der Waals surface area contributed by atoms with Gasteiger partial charge in [0.05, 0.1) is 0 Å². The SMILES string of the molecule is CCCCCCCCNC1CCCC1C1CCCCN1. The largest absolute Gasteiger partial charge is 0.314 e. The smallest absolute Gasteiger partial charge is 0.0110 e. The molecule has 118 valence electrons. The molecule has 1 aliphatic heterocycles. The van der Waals surface area contributed by atoms with Crippen molar-refractivity contribution in [2.45, 2.75) is 96.1 Å². The zero-order valence-electron chi connectivity index (χ0n) is 13.6. The van der Waals surface area contributed by atoms with Gasteiger partial charge < -0.3 is 10.6 Å². The summed E-state index contributed by atoms with van der Waals surface area (Å²) in [6, 6.07) is 1.62. The molecule has 2 N–H and O–H groups in total. The molecule has 0 radical (unpaired) electrons. The van der Waals surface area contributed by atoms with Crippen molar-refractivity contribution in [2.24, 2.45) is 5.92 Å². The highest BCUT2D eigenvalue weighted by Crippen LogP contribution is 2.31. The lowest BCUT2D eigenvalue weighted by molar-refractivity contribution is 0.257. The summed E-state index contributed by atoms with van der Waals surface area (Å²) in [7, 11) is 0. The van der Waals surface area contributed by atoms with Crippen molar-refractivity contribution in [3.05, 3.63) is 0 Å². The standard InChI is InChI=1S/C18H36N2/c1-2-3-4-5-6-8-14-19-18-13-10-11-16(18)17-12-7-9-15-20-17/h16-20H,2-15H2,1H3. The Labute approximate surface area is 126 Å². The molecule has 1 saturated carbocycles. The Bertz CT molecular complexity index is 236. The third-order valence-electron chi connectivity index (χ3n) is 5.37. The van der Waals surface area contributed by atoms with Crippen molar-refractivity contribution in [1.29, 1.82) is 0 Å². The van der Waals surface area contributed by atoms with E-state index >= 15 is 0 Å². The third-order valence-corrected chi connectivity index (χ3v) is 5.37. The lowest BCUT2D eigenvalue weighted by atomic mass is 9.88. The first-order valence-electron chi connectivity index (χ1n) is 9.38. The Kier molecular flexibility index (Phi) is 7.97. The van der Waals surface area contributed by atoms with Gasteiger partial charge in [-0.15, -0.1) is 0 Å². The van der Waals surface area contributed by atoms with Gasteiger partial charge in [-0.25, -0.2) is 0 Å². The highest BCUT2D eigenvalue weighted by atomic mass is 15.0. The zero-order chi connectivity index (χ0) is 14.0. The first-order chi connectivity index (χ1) is 9.92. The molecule has 2 rings (SSSR count). The van der Waals surface area contributed by atoms with Crippen molar-refractivity contribution in [2.75, 3.05) is 13.1 Å². The topological polar surface area (TPSA) is 24.1 Å². The molecule has 2 aliphatic rings. The van der Waals surface area contributed by atoms with Gasteiger partial charge in [0.15, 0.2) is 0 Å². The minimum atomic E-state index is 0.807. The van der Waals surface area contributed by atoms with Gasteiger partial charge in [0.2, 0.25) is 0 Å².